The van der Waals surface area contributed by atoms with Gasteiger partial charge in [0, 0.05) is 4.24 Å². The molecular weight excluding hydrogens is 160 g/mol. The van der Waals surface area contributed by atoms with Gasteiger partial charge in [0.05, 0.1) is 0 Å². The number of nitrogens with two attached hydrogens (primary N) is 1. The van der Waals surface area contributed by atoms with Crippen molar-refractivity contribution >= 4 is 40.9 Å². The van der Waals surface area contributed by atoms with Crippen LogP contribution < -0.4 is 11.3 Å². The van der Waals surface area contributed by atoms with Crippen LogP contribution in [-0.4, -0.2) is 4.32 Å². The first kappa shape index (κ1) is 8.29. The molecule has 46 valence electrons. The van der Waals surface area contributed by atoms with Gasteiger partial charge in [-0.2, -0.15) is 0 Å². The second kappa shape index (κ2) is 4.20. The molecule has 0 aliphatic heterocycles. The van der Waals surface area contributed by atoms with Crippen LogP contribution in [0.1, 0.15) is 0 Å². The molecule has 0 aromatic rings. The minimum absolute atomic E-state index is 0.477. The summed E-state index contributed by atoms with van der Waals surface area (Å²) in [4.78, 5) is 0. The van der Waals surface area contributed by atoms with Gasteiger partial charge in [0.1, 0.15) is 0 Å². The molecule has 0 unspecified atom stereocenters. The first-order valence-corrected chi connectivity index (χ1v) is 3.40. The highest BCUT2D eigenvalue weighted by molar-refractivity contribution is 8.31. The number of thiol groups is 1. The van der Waals surface area contributed by atoms with E-state index < -0.39 is 0 Å². The smallest absolute Gasteiger partial charge is 0.153 e. The van der Waals surface area contributed by atoms with Gasteiger partial charge in [0.2, 0.25) is 0 Å². The van der Waals surface area contributed by atoms with Crippen molar-refractivity contribution in [1.82, 2.24) is 5.43 Å². The van der Waals surface area contributed by atoms with Crippen LogP contribution in [0, 0.1) is 0 Å². The van der Waals surface area contributed by atoms with Crippen LogP contribution in [0.2, 0.25) is 0 Å². The quantitative estimate of drug-likeness (QED) is 0.234. The highest BCUT2D eigenvalue weighted by atomic mass is 32.2. The minimum atomic E-state index is 0.477. The maximum absolute atomic E-state index is 4.93. The van der Waals surface area contributed by atoms with Gasteiger partial charge in [-0.05, 0) is 0 Å². The molecule has 0 aliphatic rings. The van der Waals surface area contributed by atoms with E-state index in [1.165, 1.54) is 11.8 Å². The highest BCUT2D eigenvalue weighted by Crippen LogP contribution is 2.16. The van der Waals surface area contributed by atoms with Crippen LogP contribution in [-0.2, 0) is 0 Å². The predicted molar refractivity (Wildman–Crippen MR) is 45.6 cm³/mol. The molecule has 3 N–H and O–H groups in total. The Morgan fingerprint density at radius 1 is 1.88 bits per heavy atom. The molecule has 0 saturated heterocycles. The predicted octanol–water partition coefficient (Wildman–Crippen LogP) is 0.869. The lowest BCUT2D eigenvalue weighted by Crippen LogP contribution is -2.25. The molecule has 2 nitrogen and oxygen atoms in total. The van der Waals surface area contributed by atoms with E-state index in [1.807, 2.05) is 0 Å². The summed E-state index contributed by atoms with van der Waals surface area (Å²) in [7, 11) is 0. The van der Waals surface area contributed by atoms with Gasteiger partial charge >= 0.3 is 0 Å². The Morgan fingerprint density at radius 2 is 2.38 bits per heavy atom. The van der Waals surface area contributed by atoms with E-state index in [0.717, 1.165) is 0 Å². The Morgan fingerprint density at radius 3 is 2.50 bits per heavy atom. The fourth-order valence-corrected chi connectivity index (χ4v) is 1.17. The zero-order valence-corrected chi connectivity index (χ0v) is 6.58. The van der Waals surface area contributed by atoms with Crippen molar-refractivity contribution in [2.24, 2.45) is 5.84 Å². The zero-order chi connectivity index (χ0) is 6.57. The maximum Gasteiger partial charge on any atom is 0.153 e. The van der Waals surface area contributed by atoms with Crippen molar-refractivity contribution in [1.29, 1.82) is 0 Å². The molecule has 0 aliphatic carbocycles. The molecule has 0 spiro atoms. The summed E-state index contributed by atoms with van der Waals surface area (Å²) < 4.78 is 1.11. The van der Waals surface area contributed by atoms with Crippen LogP contribution >= 0.6 is 36.6 Å². The molecular formula is C3H6N2S3. The second-order valence-corrected chi connectivity index (χ2v) is 3.54. The van der Waals surface area contributed by atoms with E-state index in [9.17, 15) is 0 Å². The van der Waals surface area contributed by atoms with Crippen molar-refractivity contribution in [2.45, 2.75) is 0 Å². The molecule has 0 fully saturated rings. The van der Waals surface area contributed by atoms with Crippen LogP contribution in [0.4, 0.5) is 0 Å². The van der Waals surface area contributed by atoms with Crippen molar-refractivity contribution in [3.05, 3.63) is 10.8 Å². The summed E-state index contributed by atoms with van der Waals surface area (Å²) in [5, 5.41) is 0. The number of thioether (sulfide) groups is 1. The Balaban J connectivity index is 3.40. The van der Waals surface area contributed by atoms with E-state index in [0.29, 0.717) is 8.56 Å². The Labute approximate surface area is 63.3 Å². The summed E-state index contributed by atoms with van der Waals surface area (Å²) in [6.07, 6.45) is 0. The van der Waals surface area contributed by atoms with E-state index in [4.69, 9.17) is 5.84 Å². The number of hydrazine groups is 1. The number of rotatable bonds is 1. The first-order chi connectivity index (χ1) is 3.66. The zero-order valence-electron chi connectivity index (χ0n) is 4.05. The Bertz CT molecular complexity index is 111. The lowest BCUT2D eigenvalue weighted by Gasteiger charge is -1.97. The van der Waals surface area contributed by atoms with Crippen LogP contribution in [0.15, 0.2) is 10.8 Å². The van der Waals surface area contributed by atoms with E-state index in [1.54, 1.807) is 0 Å². The largest absolute Gasteiger partial charge is 0.309 e. The van der Waals surface area contributed by atoms with Crippen molar-refractivity contribution in [3.8, 4) is 0 Å². The number of nitrogens with one attached hydrogen (secondary N) is 1. The van der Waals surface area contributed by atoms with Crippen LogP contribution in [0.5, 0.6) is 0 Å². The summed E-state index contributed by atoms with van der Waals surface area (Å²) >= 11 is 9.74. The van der Waals surface area contributed by atoms with Crippen molar-refractivity contribution in [3.63, 3.8) is 0 Å². The monoisotopic (exact) mass is 166 g/mol. The van der Waals surface area contributed by atoms with Crippen LogP contribution in [0.25, 0.3) is 0 Å². The topological polar surface area (TPSA) is 38.0 Å². The Kier molecular flexibility index (Phi) is 4.35. The summed E-state index contributed by atoms with van der Waals surface area (Å²) in [5.74, 6) is 4.93. The molecule has 0 radical (unpaired) electrons. The molecule has 0 heterocycles. The van der Waals surface area contributed by atoms with Crippen LogP contribution in [0.3, 0.4) is 0 Å². The third-order valence-corrected chi connectivity index (χ3v) is 1.51. The maximum atomic E-state index is 4.93. The summed E-state index contributed by atoms with van der Waals surface area (Å²) in [6.45, 7) is 3.49. The van der Waals surface area contributed by atoms with E-state index >= 15 is 0 Å². The molecule has 5 heteroatoms. The number of hydrogen-bond acceptors (Lipinski definition) is 4. The molecule has 0 aromatic heterocycles. The van der Waals surface area contributed by atoms with Gasteiger partial charge in [-0.15, -0.1) is 12.6 Å². The SMILES string of the molecule is C=C(S)SC(=S)NN. The van der Waals surface area contributed by atoms with Gasteiger partial charge in [-0.3, -0.25) is 0 Å². The lowest BCUT2D eigenvalue weighted by atomic mass is 11.2. The van der Waals surface area contributed by atoms with Gasteiger partial charge in [-0.1, -0.05) is 30.6 Å². The third kappa shape index (κ3) is 4.45. The highest BCUT2D eigenvalue weighted by Gasteiger charge is 1.91. The Hall–Kier alpha value is 0.290. The second-order valence-electron chi connectivity index (χ2n) is 0.928. The van der Waals surface area contributed by atoms with Gasteiger partial charge in [-0.25, -0.2) is 5.84 Å². The molecule has 0 atom stereocenters. The number of thiocarbonyl (C=S) groups is 1. The summed E-state index contributed by atoms with van der Waals surface area (Å²) in [5.41, 5.74) is 2.28. The molecule has 0 amide bonds. The van der Waals surface area contributed by atoms with E-state index in [2.05, 4.69) is 36.9 Å². The van der Waals surface area contributed by atoms with Gasteiger partial charge in [0.25, 0.3) is 0 Å². The minimum Gasteiger partial charge on any atom is -0.309 e. The van der Waals surface area contributed by atoms with Crippen molar-refractivity contribution < 1.29 is 0 Å². The lowest BCUT2D eigenvalue weighted by molar-refractivity contribution is 1.07. The molecule has 0 bridgehead atoms. The molecule has 8 heavy (non-hydrogen) atoms. The molecule has 0 saturated carbocycles. The molecule has 0 aromatic carbocycles. The average Bonchev–Trinajstić information content (AvgIpc) is 1.65. The normalized spacial score (nSPS) is 8.25. The van der Waals surface area contributed by atoms with Crippen molar-refractivity contribution in [2.75, 3.05) is 0 Å². The standard InChI is InChI=1S/C3H6N2S3/c1-2(6)8-3(7)5-4/h6H,1,4H2,(H,5,7). The third-order valence-electron chi connectivity index (χ3n) is 0.328. The number of hydrogen-bond donors (Lipinski definition) is 3. The van der Waals surface area contributed by atoms with Gasteiger partial charge < -0.3 is 5.43 Å². The summed E-state index contributed by atoms with van der Waals surface area (Å²) in [6, 6.07) is 0. The first-order valence-electron chi connectivity index (χ1n) is 1.73. The van der Waals surface area contributed by atoms with Gasteiger partial charge in [0.15, 0.2) is 4.32 Å². The van der Waals surface area contributed by atoms with E-state index in [-0.39, 0.29) is 0 Å². The fraction of sp³-hybridized carbons (Fsp3) is 0. The fourth-order valence-electron chi connectivity index (χ4n) is 0.136. The molecule has 0 rings (SSSR count). The average molecular weight is 166 g/mol.